The number of rotatable bonds is 8. The van der Waals surface area contributed by atoms with Crippen molar-refractivity contribution in [3.05, 3.63) is 66.4 Å². The van der Waals surface area contributed by atoms with Crippen molar-refractivity contribution in [2.24, 2.45) is 0 Å². The van der Waals surface area contributed by atoms with Crippen molar-refractivity contribution in [1.29, 1.82) is 0 Å². The quantitative estimate of drug-likeness (QED) is 0.525. The molecular weight excluding hydrogens is 459 g/mol. The molecule has 0 spiro atoms. The van der Waals surface area contributed by atoms with E-state index >= 15 is 0 Å². The van der Waals surface area contributed by atoms with E-state index in [0.29, 0.717) is 42.4 Å². The fraction of sp³-hybridized carbons (Fsp3) is 0.333. The van der Waals surface area contributed by atoms with Crippen LogP contribution in [0.4, 0.5) is 10.1 Å². The van der Waals surface area contributed by atoms with Gasteiger partial charge in [-0.25, -0.2) is 17.8 Å². The number of carbonyl (C=O) groups is 1. The molecule has 3 aromatic rings. The molecule has 1 saturated heterocycles. The Morgan fingerprint density at radius 2 is 1.74 bits per heavy atom. The van der Waals surface area contributed by atoms with Crippen molar-refractivity contribution in [2.45, 2.75) is 24.7 Å². The van der Waals surface area contributed by atoms with Gasteiger partial charge in [-0.3, -0.25) is 4.79 Å². The lowest BCUT2D eigenvalue weighted by molar-refractivity contribution is -0.116. The largest absolute Gasteiger partial charge is 0.441 e. The zero-order chi connectivity index (χ0) is 24.1. The number of benzene rings is 2. The molecule has 1 aromatic heterocycles. The number of nitrogens with zero attached hydrogens (tertiary/aromatic N) is 3. The lowest BCUT2D eigenvalue weighted by atomic mass is 10.2. The number of anilines is 1. The minimum atomic E-state index is -3.56. The number of halogens is 1. The highest BCUT2D eigenvalue weighted by molar-refractivity contribution is 7.89. The molecule has 0 atom stereocenters. The molecular formula is C24H27FN4O4S. The van der Waals surface area contributed by atoms with Gasteiger partial charge in [-0.05, 0) is 55.1 Å². The molecule has 1 fully saturated rings. The molecule has 2 heterocycles. The van der Waals surface area contributed by atoms with Crippen LogP contribution in [0.25, 0.3) is 11.3 Å². The second kappa shape index (κ2) is 10.5. The van der Waals surface area contributed by atoms with Crippen LogP contribution in [0, 0.1) is 5.82 Å². The predicted octanol–water partition coefficient (Wildman–Crippen LogP) is 3.38. The van der Waals surface area contributed by atoms with Crippen LogP contribution in [0.2, 0.25) is 0 Å². The lowest BCUT2D eigenvalue weighted by Crippen LogP contribution is -2.48. The third-order valence-corrected chi connectivity index (χ3v) is 7.72. The van der Waals surface area contributed by atoms with Crippen LogP contribution >= 0.6 is 0 Å². The fourth-order valence-electron chi connectivity index (χ4n) is 3.76. The minimum Gasteiger partial charge on any atom is -0.441 e. The number of oxazole rings is 1. The second-order valence-corrected chi connectivity index (χ2v) is 9.97. The fourth-order valence-corrected chi connectivity index (χ4v) is 5.18. The van der Waals surface area contributed by atoms with E-state index in [9.17, 15) is 17.6 Å². The number of piperazine rings is 1. The van der Waals surface area contributed by atoms with Gasteiger partial charge in [-0.15, -0.1) is 0 Å². The molecule has 2 aromatic carbocycles. The van der Waals surface area contributed by atoms with Crippen LogP contribution in [0.5, 0.6) is 0 Å². The summed E-state index contributed by atoms with van der Waals surface area (Å²) < 4.78 is 46.0. The summed E-state index contributed by atoms with van der Waals surface area (Å²) in [5.41, 5.74) is 1.21. The number of nitrogens with one attached hydrogen (secondary N) is 1. The smallest absolute Gasteiger partial charge is 0.243 e. The van der Waals surface area contributed by atoms with E-state index in [4.69, 9.17) is 4.42 Å². The maximum Gasteiger partial charge on any atom is 0.243 e. The van der Waals surface area contributed by atoms with E-state index in [1.807, 2.05) is 0 Å². The summed E-state index contributed by atoms with van der Waals surface area (Å²) in [5, 5.41) is 2.76. The maximum absolute atomic E-state index is 13.1. The standard InChI is InChI=1S/C24H27FN4O4S/c1-2-28-13-15-29(16-14-28)34(31,32)21-9-7-20(8-10-21)27-23(30)11-12-24-26-17-22(33-24)18-3-5-19(25)6-4-18/h3-10,17H,2,11-16H2,1H3,(H,27,30). The summed E-state index contributed by atoms with van der Waals surface area (Å²) in [6.45, 7) is 5.36. The highest BCUT2D eigenvalue weighted by Gasteiger charge is 2.27. The SMILES string of the molecule is CCN1CCN(S(=O)(=O)c2ccc(NC(=O)CCc3ncc(-c4ccc(F)cc4)o3)cc2)CC1. The van der Waals surface area contributed by atoms with Gasteiger partial charge in [0.15, 0.2) is 11.7 Å². The number of likely N-dealkylation sites (N-methyl/N-ethyl adjacent to an activating group) is 1. The lowest BCUT2D eigenvalue weighted by Gasteiger charge is -2.33. The first-order chi connectivity index (χ1) is 16.3. The molecule has 0 aliphatic carbocycles. The van der Waals surface area contributed by atoms with Gasteiger partial charge in [0, 0.05) is 50.3 Å². The van der Waals surface area contributed by atoms with Gasteiger partial charge in [0.1, 0.15) is 5.82 Å². The van der Waals surface area contributed by atoms with E-state index in [2.05, 4.69) is 22.1 Å². The number of hydrogen-bond donors (Lipinski definition) is 1. The van der Waals surface area contributed by atoms with Gasteiger partial charge in [-0.2, -0.15) is 4.31 Å². The molecule has 1 aliphatic heterocycles. The molecule has 0 radical (unpaired) electrons. The normalized spacial score (nSPS) is 15.4. The molecule has 8 nitrogen and oxygen atoms in total. The summed E-state index contributed by atoms with van der Waals surface area (Å²) >= 11 is 0. The van der Waals surface area contributed by atoms with E-state index in [0.717, 1.165) is 19.6 Å². The van der Waals surface area contributed by atoms with Crippen molar-refractivity contribution >= 4 is 21.6 Å². The number of aryl methyl sites for hydroxylation is 1. The first kappa shape index (κ1) is 24.1. The Balaban J connectivity index is 1.30. The summed E-state index contributed by atoms with van der Waals surface area (Å²) in [7, 11) is -3.56. The molecule has 180 valence electrons. The van der Waals surface area contributed by atoms with Crippen LogP contribution in [0.3, 0.4) is 0 Å². The van der Waals surface area contributed by atoms with Crippen LogP contribution in [-0.2, 0) is 21.2 Å². The number of carbonyl (C=O) groups excluding carboxylic acids is 1. The van der Waals surface area contributed by atoms with E-state index in [1.165, 1.54) is 28.6 Å². The van der Waals surface area contributed by atoms with E-state index < -0.39 is 10.0 Å². The molecule has 1 aliphatic rings. The maximum atomic E-state index is 13.1. The number of sulfonamides is 1. The van der Waals surface area contributed by atoms with Crippen molar-refractivity contribution in [2.75, 3.05) is 38.0 Å². The van der Waals surface area contributed by atoms with Crippen molar-refractivity contribution in [3.8, 4) is 11.3 Å². The Morgan fingerprint density at radius 3 is 2.38 bits per heavy atom. The Bertz CT molecular complexity index is 1220. The number of amides is 1. The molecule has 34 heavy (non-hydrogen) atoms. The highest BCUT2D eigenvalue weighted by atomic mass is 32.2. The summed E-state index contributed by atoms with van der Waals surface area (Å²) in [6, 6.07) is 12.1. The van der Waals surface area contributed by atoms with Gasteiger partial charge >= 0.3 is 0 Å². The zero-order valence-electron chi connectivity index (χ0n) is 18.9. The van der Waals surface area contributed by atoms with Gasteiger partial charge < -0.3 is 14.6 Å². The third kappa shape index (κ3) is 5.69. The molecule has 0 saturated carbocycles. The average molecular weight is 487 g/mol. The summed E-state index contributed by atoms with van der Waals surface area (Å²) in [4.78, 5) is 18.9. The first-order valence-corrected chi connectivity index (χ1v) is 12.6. The predicted molar refractivity (Wildman–Crippen MR) is 126 cm³/mol. The monoisotopic (exact) mass is 486 g/mol. The van der Waals surface area contributed by atoms with Crippen LogP contribution in [0.15, 0.2) is 64.0 Å². The topological polar surface area (TPSA) is 95.8 Å². The first-order valence-electron chi connectivity index (χ1n) is 11.2. The molecule has 4 rings (SSSR count). The molecule has 10 heteroatoms. The Labute approximate surface area is 198 Å². The van der Waals surface area contributed by atoms with Crippen LogP contribution in [-0.4, -0.2) is 61.2 Å². The number of aromatic nitrogens is 1. The van der Waals surface area contributed by atoms with Crippen molar-refractivity contribution in [1.82, 2.24) is 14.2 Å². The van der Waals surface area contributed by atoms with Gasteiger partial charge in [0.05, 0.1) is 11.1 Å². The Morgan fingerprint density at radius 1 is 1.06 bits per heavy atom. The third-order valence-electron chi connectivity index (χ3n) is 5.80. The number of hydrogen-bond acceptors (Lipinski definition) is 6. The van der Waals surface area contributed by atoms with E-state index in [-0.39, 0.29) is 23.0 Å². The Kier molecular flexibility index (Phi) is 7.40. The van der Waals surface area contributed by atoms with E-state index in [1.54, 1.807) is 30.5 Å². The van der Waals surface area contributed by atoms with Gasteiger partial charge in [0.25, 0.3) is 0 Å². The molecule has 1 amide bonds. The van der Waals surface area contributed by atoms with Crippen LogP contribution in [0.1, 0.15) is 19.2 Å². The minimum absolute atomic E-state index is 0.144. The van der Waals surface area contributed by atoms with Gasteiger partial charge in [0.2, 0.25) is 15.9 Å². The van der Waals surface area contributed by atoms with Crippen molar-refractivity contribution < 1.29 is 22.0 Å². The molecule has 0 bridgehead atoms. The van der Waals surface area contributed by atoms with Gasteiger partial charge in [-0.1, -0.05) is 6.92 Å². The molecule has 1 N–H and O–H groups in total. The van der Waals surface area contributed by atoms with Crippen molar-refractivity contribution in [3.63, 3.8) is 0 Å². The zero-order valence-corrected chi connectivity index (χ0v) is 19.7. The Hall–Kier alpha value is -3.08. The average Bonchev–Trinajstić information content (AvgIpc) is 3.33. The second-order valence-electron chi connectivity index (χ2n) is 8.04. The highest BCUT2D eigenvalue weighted by Crippen LogP contribution is 2.22. The molecule has 0 unspecified atom stereocenters. The van der Waals surface area contributed by atoms with Crippen LogP contribution < -0.4 is 5.32 Å². The summed E-state index contributed by atoms with van der Waals surface area (Å²) in [6.07, 6.45) is 1.98. The summed E-state index contributed by atoms with van der Waals surface area (Å²) in [5.74, 6) is 0.329.